The molecule has 3 aliphatic rings. The summed E-state index contributed by atoms with van der Waals surface area (Å²) in [7, 11) is 0. The lowest BCUT2D eigenvalue weighted by Gasteiger charge is -2.49. The molecule has 1 heterocycles. The van der Waals surface area contributed by atoms with Crippen LogP contribution in [-0.4, -0.2) is 33.6 Å². The van der Waals surface area contributed by atoms with E-state index in [1.807, 2.05) is 6.92 Å². The van der Waals surface area contributed by atoms with Crippen LogP contribution < -0.4 is 0 Å². The first-order chi connectivity index (χ1) is 10.7. The van der Waals surface area contributed by atoms with Crippen molar-refractivity contribution in [3.8, 4) is 0 Å². The summed E-state index contributed by atoms with van der Waals surface area (Å²) in [4.78, 5) is 0. The summed E-state index contributed by atoms with van der Waals surface area (Å²) in [5.74, 6) is 1.89. The lowest BCUT2D eigenvalue weighted by molar-refractivity contribution is -0.0977. The molecule has 0 amide bonds. The van der Waals surface area contributed by atoms with Crippen molar-refractivity contribution in [2.75, 3.05) is 0 Å². The van der Waals surface area contributed by atoms with Crippen molar-refractivity contribution in [3.05, 3.63) is 12.2 Å². The Balaban J connectivity index is 1.93. The fraction of sp³-hybridized carbons (Fsp3) is 0.900. The Hall–Kier alpha value is -0.380. The van der Waals surface area contributed by atoms with Crippen LogP contribution in [0.1, 0.15) is 66.2 Å². The van der Waals surface area contributed by atoms with Gasteiger partial charge in [-0.25, -0.2) is 0 Å². The molecule has 1 saturated heterocycles. The van der Waals surface area contributed by atoms with Crippen LogP contribution in [0.15, 0.2) is 12.2 Å². The highest BCUT2D eigenvalue weighted by atomic mass is 16.6. The Morgan fingerprint density at radius 1 is 1.17 bits per heavy atom. The van der Waals surface area contributed by atoms with Crippen LogP contribution in [0.25, 0.3) is 0 Å². The maximum Gasteiger partial charge on any atom is 0.0924 e. The number of fused-ring (bicyclic) bond motifs is 3. The molecule has 0 radical (unpaired) electrons. The molecule has 3 fully saturated rings. The maximum atomic E-state index is 11.1. The van der Waals surface area contributed by atoms with Crippen LogP contribution in [0.3, 0.4) is 0 Å². The normalized spacial score (nSPS) is 51.1. The summed E-state index contributed by atoms with van der Waals surface area (Å²) in [6.07, 6.45) is 5.12. The van der Waals surface area contributed by atoms with Crippen LogP contribution in [0.2, 0.25) is 0 Å². The van der Waals surface area contributed by atoms with Gasteiger partial charge in [0, 0.05) is 0 Å². The second-order valence-electron chi connectivity index (χ2n) is 9.09. The van der Waals surface area contributed by atoms with Gasteiger partial charge >= 0.3 is 0 Å². The first kappa shape index (κ1) is 17.4. The van der Waals surface area contributed by atoms with E-state index in [1.54, 1.807) is 0 Å². The molecule has 23 heavy (non-hydrogen) atoms. The molecule has 1 aliphatic heterocycles. The summed E-state index contributed by atoms with van der Waals surface area (Å²) in [5.41, 5.74) is 0.170. The first-order valence-corrected chi connectivity index (χ1v) is 9.41. The topological polar surface area (TPSA) is 53.0 Å². The Bertz CT molecular complexity index is 470. The SMILES string of the molecule is C=C1CC[C@@H]2[C@@H]([C@@H](C(C)C)CC[C@@]2(C)O)[C@@H]2O[C@@]2(C)CC[C@@H]1O. The van der Waals surface area contributed by atoms with E-state index in [4.69, 9.17) is 4.74 Å². The summed E-state index contributed by atoms with van der Waals surface area (Å²) in [5, 5.41) is 21.4. The fourth-order valence-corrected chi connectivity index (χ4v) is 5.34. The summed E-state index contributed by atoms with van der Waals surface area (Å²) in [6, 6.07) is 0. The minimum atomic E-state index is -0.632. The Morgan fingerprint density at radius 2 is 1.87 bits per heavy atom. The van der Waals surface area contributed by atoms with Crippen molar-refractivity contribution >= 4 is 0 Å². The predicted molar refractivity (Wildman–Crippen MR) is 92.1 cm³/mol. The molecular weight excluding hydrogens is 288 g/mol. The van der Waals surface area contributed by atoms with Gasteiger partial charge in [-0.2, -0.15) is 0 Å². The van der Waals surface area contributed by atoms with Crippen LogP contribution in [0, 0.1) is 23.7 Å². The van der Waals surface area contributed by atoms with Crippen molar-refractivity contribution in [1.82, 2.24) is 0 Å². The lowest BCUT2D eigenvalue weighted by Crippen LogP contribution is -2.50. The lowest BCUT2D eigenvalue weighted by atomic mass is 9.58. The number of rotatable bonds is 1. The van der Waals surface area contributed by atoms with Gasteiger partial charge in [-0.15, -0.1) is 0 Å². The number of hydrogen-bond acceptors (Lipinski definition) is 3. The molecule has 7 atom stereocenters. The molecule has 2 saturated carbocycles. The van der Waals surface area contributed by atoms with Crippen molar-refractivity contribution in [1.29, 1.82) is 0 Å². The van der Waals surface area contributed by atoms with Gasteiger partial charge in [0.05, 0.1) is 23.4 Å². The molecule has 0 aromatic heterocycles. The van der Waals surface area contributed by atoms with Gasteiger partial charge in [0.2, 0.25) is 0 Å². The van der Waals surface area contributed by atoms with Gasteiger partial charge in [-0.05, 0) is 81.6 Å². The molecule has 0 bridgehead atoms. The molecule has 0 unspecified atom stereocenters. The number of ether oxygens (including phenoxy) is 1. The number of epoxide rings is 1. The molecule has 0 spiro atoms. The third kappa shape index (κ3) is 3.12. The smallest absolute Gasteiger partial charge is 0.0924 e. The van der Waals surface area contributed by atoms with Crippen molar-refractivity contribution in [2.45, 2.75) is 89.6 Å². The first-order valence-electron chi connectivity index (χ1n) is 9.41. The van der Waals surface area contributed by atoms with Gasteiger partial charge in [0.25, 0.3) is 0 Å². The fourth-order valence-electron chi connectivity index (χ4n) is 5.34. The van der Waals surface area contributed by atoms with Gasteiger partial charge in [-0.3, -0.25) is 0 Å². The molecule has 3 rings (SSSR count). The zero-order valence-electron chi connectivity index (χ0n) is 15.2. The second kappa shape index (κ2) is 5.86. The Labute approximate surface area is 141 Å². The summed E-state index contributed by atoms with van der Waals surface area (Å²) in [6.45, 7) is 12.9. The molecule has 3 nitrogen and oxygen atoms in total. The van der Waals surface area contributed by atoms with Crippen molar-refractivity contribution in [3.63, 3.8) is 0 Å². The van der Waals surface area contributed by atoms with E-state index >= 15 is 0 Å². The minimum Gasteiger partial charge on any atom is -0.390 e. The molecule has 2 N–H and O–H groups in total. The monoisotopic (exact) mass is 322 g/mol. The third-order valence-corrected chi connectivity index (χ3v) is 7.05. The van der Waals surface area contributed by atoms with E-state index < -0.39 is 11.7 Å². The summed E-state index contributed by atoms with van der Waals surface area (Å²) >= 11 is 0. The van der Waals surface area contributed by atoms with E-state index in [1.165, 1.54) is 0 Å². The van der Waals surface area contributed by atoms with Crippen molar-refractivity contribution < 1.29 is 14.9 Å². The third-order valence-electron chi connectivity index (χ3n) is 7.05. The zero-order valence-corrected chi connectivity index (χ0v) is 15.2. The molecule has 132 valence electrons. The van der Waals surface area contributed by atoms with Crippen LogP contribution in [0.5, 0.6) is 0 Å². The Morgan fingerprint density at radius 3 is 2.52 bits per heavy atom. The van der Waals surface area contributed by atoms with Crippen LogP contribution in [-0.2, 0) is 4.74 Å². The van der Waals surface area contributed by atoms with E-state index in [2.05, 4.69) is 27.4 Å². The van der Waals surface area contributed by atoms with Crippen LogP contribution >= 0.6 is 0 Å². The summed E-state index contributed by atoms with van der Waals surface area (Å²) < 4.78 is 6.21. The van der Waals surface area contributed by atoms with E-state index in [-0.39, 0.29) is 17.6 Å². The zero-order chi connectivity index (χ0) is 17.0. The minimum absolute atomic E-state index is 0.123. The van der Waals surface area contributed by atoms with E-state index in [9.17, 15) is 10.2 Å². The van der Waals surface area contributed by atoms with E-state index in [0.717, 1.165) is 44.1 Å². The number of aliphatic hydroxyl groups is 2. The van der Waals surface area contributed by atoms with Gasteiger partial charge in [0.1, 0.15) is 0 Å². The standard InChI is InChI=1S/C20H34O3/c1-12(2)14-8-10-19(4,22)15-7-6-13(3)16(21)9-11-20(5)18(23-20)17(14)15/h12,14-18,21-22H,3,6-11H2,1-2,4-5H3/t14-,15-,16+,17-,18+,19-,20+/m1/s1. The highest BCUT2D eigenvalue weighted by Gasteiger charge is 2.62. The van der Waals surface area contributed by atoms with Gasteiger partial charge in [-0.1, -0.05) is 20.4 Å². The molecule has 2 aliphatic carbocycles. The number of aliphatic hydroxyl groups excluding tert-OH is 1. The van der Waals surface area contributed by atoms with Gasteiger partial charge in [0.15, 0.2) is 0 Å². The average Bonchev–Trinajstić information content (AvgIpc) is 3.13. The Kier molecular flexibility index (Phi) is 4.44. The molecule has 0 aromatic carbocycles. The second-order valence-corrected chi connectivity index (χ2v) is 9.09. The van der Waals surface area contributed by atoms with E-state index in [0.29, 0.717) is 17.8 Å². The van der Waals surface area contributed by atoms with Gasteiger partial charge < -0.3 is 14.9 Å². The maximum absolute atomic E-state index is 11.1. The number of hydrogen-bond donors (Lipinski definition) is 2. The predicted octanol–water partition coefficient (Wildman–Crippen LogP) is 3.68. The van der Waals surface area contributed by atoms with Crippen molar-refractivity contribution in [2.24, 2.45) is 23.7 Å². The van der Waals surface area contributed by atoms with Crippen LogP contribution in [0.4, 0.5) is 0 Å². The molecule has 0 aromatic rings. The highest BCUT2D eigenvalue weighted by Crippen LogP contribution is 2.57. The average molecular weight is 322 g/mol. The highest BCUT2D eigenvalue weighted by molar-refractivity contribution is 5.13. The molecular formula is C20H34O3. The largest absolute Gasteiger partial charge is 0.390 e. The molecule has 3 heteroatoms. The quantitative estimate of drug-likeness (QED) is 0.572.